The predicted octanol–water partition coefficient (Wildman–Crippen LogP) is 5.48. The van der Waals surface area contributed by atoms with Crippen LogP contribution in [-0.2, 0) is 9.59 Å². The number of fused-ring (bicyclic) bond motifs is 1. The van der Waals surface area contributed by atoms with Gasteiger partial charge in [0.15, 0.2) is 0 Å². The van der Waals surface area contributed by atoms with E-state index in [2.05, 4.69) is 5.32 Å². The largest absolute Gasteiger partial charge is 0.324 e. The molecule has 5 nitrogen and oxygen atoms in total. The van der Waals surface area contributed by atoms with Gasteiger partial charge in [-0.2, -0.15) is 0 Å². The van der Waals surface area contributed by atoms with Crippen LogP contribution >= 0.6 is 11.3 Å². The Morgan fingerprint density at radius 2 is 1.74 bits per heavy atom. The van der Waals surface area contributed by atoms with Crippen molar-refractivity contribution in [3.8, 4) is 0 Å². The van der Waals surface area contributed by atoms with E-state index < -0.39 is 0 Å². The molecule has 31 heavy (non-hydrogen) atoms. The number of rotatable bonds is 4. The topological polar surface area (TPSA) is 61.8 Å². The number of benzene rings is 2. The van der Waals surface area contributed by atoms with Crippen molar-refractivity contribution in [1.29, 1.82) is 0 Å². The van der Waals surface area contributed by atoms with Crippen molar-refractivity contribution < 1.29 is 9.59 Å². The van der Waals surface area contributed by atoms with Gasteiger partial charge in [-0.05, 0) is 73.5 Å². The van der Waals surface area contributed by atoms with Crippen LogP contribution in [0.2, 0.25) is 0 Å². The van der Waals surface area contributed by atoms with Gasteiger partial charge in [0.1, 0.15) is 6.54 Å². The molecule has 0 radical (unpaired) electrons. The van der Waals surface area contributed by atoms with Crippen LogP contribution in [0, 0.1) is 27.7 Å². The Morgan fingerprint density at radius 3 is 2.42 bits per heavy atom. The van der Waals surface area contributed by atoms with Crippen molar-refractivity contribution in [2.24, 2.45) is 4.99 Å². The molecule has 2 aromatic carbocycles. The number of hydrogen-bond acceptors (Lipinski definition) is 4. The summed E-state index contributed by atoms with van der Waals surface area (Å²) in [6.07, 6.45) is 0.157. The summed E-state index contributed by atoms with van der Waals surface area (Å²) in [7, 11) is 0. The standard InChI is InChI=1S/C25H25N3O2S/c1-15-7-5-8-16(2)25(15)27-23(29)14-28-21-12-18(4)17(3)11-19(21)26-20(13-24(28)30)22-9-6-10-31-22/h5-12H,13-14H2,1-4H3,(H,27,29). The minimum atomic E-state index is -0.227. The number of nitrogens with zero attached hydrogens (tertiary/aromatic N) is 2. The smallest absolute Gasteiger partial charge is 0.244 e. The zero-order valence-electron chi connectivity index (χ0n) is 18.2. The lowest BCUT2D eigenvalue weighted by Gasteiger charge is -2.23. The lowest BCUT2D eigenvalue weighted by Crippen LogP contribution is -2.38. The molecule has 0 saturated heterocycles. The number of carbonyl (C=O) groups is 2. The molecule has 0 bridgehead atoms. The maximum Gasteiger partial charge on any atom is 0.244 e. The zero-order valence-corrected chi connectivity index (χ0v) is 19.0. The Kier molecular flexibility index (Phi) is 5.74. The van der Waals surface area contributed by atoms with Gasteiger partial charge in [-0.3, -0.25) is 9.59 Å². The molecule has 6 heteroatoms. The summed E-state index contributed by atoms with van der Waals surface area (Å²) in [5, 5.41) is 4.97. The van der Waals surface area contributed by atoms with Gasteiger partial charge in [-0.25, -0.2) is 4.99 Å². The van der Waals surface area contributed by atoms with Gasteiger partial charge in [-0.1, -0.05) is 24.3 Å². The van der Waals surface area contributed by atoms with Gasteiger partial charge in [-0.15, -0.1) is 11.3 Å². The summed E-state index contributed by atoms with van der Waals surface area (Å²) in [6.45, 7) is 7.89. The van der Waals surface area contributed by atoms with Crippen molar-refractivity contribution in [3.63, 3.8) is 0 Å². The minimum absolute atomic E-state index is 0.0602. The Morgan fingerprint density at radius 1 is 1.03 bits per heavy atom. The van der Waals surface area contributed by atoms with E-state index in [-0.39, 0.29) is 24.8 Å². The van der Waals surface area contributed by atoms with E-state index in [4.69, 9.17) is 4.99 Å². The number of thiophene rings is 1. The van der Waals surface area contributed by atoms with Crippen molar-refractivity contribution in [2.45, 2.75) is 34.1 Å². The molecule has 1 aliphatic heterocycles. The van der Waals surface area contributed by atoms with Crippen LogP contribution in [-0.4, -0.2) is 24.1 Å². The summed E-state index contributed by atoms with van der Waals surface area (Å²) in [5.41, 5.74) is 7.07. The number of carbonyl (C=O) groups excluding carboxylic acids is 2. The molecular formula is C25H25N3O2S. The predicted molar refractivity (Wildman–Crippen MR) is 128 cm³/mol. The molecule has 1 aromatic heterocycles. The lowest BCUT2D eigenvalue weighted by atomic mass is 10.1. The number of para-hydroxylation sites is 1. The van der Waals surface area contributed by atoms with Crippen LogP contribution in [0.15, 0.2) is 52.8 Å². The number of aryl methyl sites for hydroxylation is 4. The van der Waals surface area contributed by atoms with Gasteiger partial charge in [0.05, 0.1) is 23.5 Å². The molecule has 0 atom stereocenters. The van der Waals surface area contributed by atoms with Gasteiger partial charge >= 0.3 is 0 Å². The molecule has 0 saturated carbocycles. The molecule has 0 unspecified atom stereocenters. The van der Waals surface area contributed by atoms with Crippen LogP contribution < -0.4 is 10.2 Å². The second kappa shape index (κ2) is 8.47. The molecule has 1 aliphatic rings. The Balaban J connectivity index is 1.68. The third-order valence-corrected chi connectivity index (χ3v) is 6.53. The average molecular weight is 432 g/mol. The van der Waals surface area contributed by atoms with Crippen LogP contribution in [0.3, 0.4) is 0 Å². The zero-order chi connectivity index (χ0) is 22.1. The first kappa shape index (κ1) is 21.0. The fourth-order valence-electron chi connectivity index (χ4n) is 3.74. The number of nitrogens with one attached hydrogen (secondary N) is 1. The van der Waals surface area contributed by atoms with Gasteiger partial charge in [0.25, 0.3) is 0 Å². The molecule has 158 valence electrons. The van der Waals surface area contributed by atoms with Gasteiger partial charge < -0.3 is 10.2 Å². The first-order chi connectivity index (χ1) is 14.8. The van der Waals surface area contributed by atoms with Gasteiger partial charge in [0, 0.05) is 10.6 Å². The summed E-state index contributed by atoms with van der Waals surface area (Å²) in [5.74, 6) is -0.361. The monoisotopic (exact) mass is 431 g/mol. The number of aliphatic imine (C=N–C) groups is 1. The second-order valence-electron chi connectivity index (χ2n) is 7.93. The van der Waals surface area contributed by atoms with Crippen LogP contribution in [0.1, 0.15) is 33.6 Å². The van der Waals surface area contributed by atoms with Crippen molar-refractivity contribution in [1.82, 2.24) is 0 Å². The van der Waals surface area contributed by atoms with E-state index in [0.29, 0.717) is 5.69 Å². The Hall–Kier alpha value is -3.25. The maximum atomic E-state index is 13.3. The highest BCUT2D eigenvalue weighted by Crippen LogP contribution is 2.36. The molecule has 0 fully saturated rings. The summed E-state index contributed by atoms with van der Waals surface area (Å²) in [4.78, 5) is 33.6. The highest BCUT2D eigenvalue weighted by atomic mass is 32.1. The molecule has 1 N–H and O–H groups in total. The molecule has 4 rings (SSSR count). The Bertz CT molecular complexity index is 1180. The molecule has 2 amide bonds. The number of hydrogen-bond donors (Lipinski definition) is 1. The highest BCUT2D eigenvalue weighted by molar-refractivity contribution is 7.12. The van der Waals surface area contributed by atoms with E-state index in [1.807, 2.05) is 75.5 Å². The van der Waals surface area contributed by atoms with E-state index in [1.165, 1.54) is 0 Å². The summed E-state index contributed by atoms with van der Waals surface area (Å²) in [6, 6.07) is 13.8. The van der Waals surface area contributed by atoms with E-state index >= 15 is 0 Å². The quantitative estimate of drug-likeness (QED) is 0.595. The highest BCUT2D eigenvalue weighted by Gasteiger charge is 2.28. The summed E-state index contributed by atoms with van der Waals surface area (Å²) < 4.78 is 0. The fraction of sp³-hybridized carbons (Fsp3) is 0.240. The first-order valence-corrected chi connectivity index (χ1v) is 11.1. The number of anilines is 2. The van der Waals surface area contributed by atoms with E-state index in [9.17, 15) is 9.59 Å². The average Bonchev–Trinajstić information content (AvgIpc) is 3.22. The third-order valence-electron chi connectivity index (χ3n) is 5.61. The third kappa shape index (κ3) is 4.30. The number of amides is 2. The fourth-order valence-corrected chi connectivity index (χ4v) is 4.46. The minimum Gasteiger partial charge on any atom is -0.324 e. The van der Waals surface area contributed by atoms with E-state index in [1.54, 1.807) is 16.2 Å². The Labute approximate surface area is 186 Å². The second-order valence-corrected chi connectivity index (χ2v) is 8.88. The van der Waals surface area contributed by atoms with Crippen LogP contribution in [0.4, 0.5) is 17.1 Å². The summed E-state index contributed by atoms with van der Waals surface area (Å²) >= 11 is 1.56. The maximum absolute atomic E-state index is 13.3. The normalized spacial score (nSPS) is 13.5. The van der Waals surface area contributed by atoms with Crippen molar-refractivity contribution >= 4 is 45.9 Å². The van der Waals surface area contributed by atoms with E-state index in [0.717, 1.165) is 44.2 Å². The molecule has 0 aliphatic carbocycles. The van der Waals surface area contributed by atoms with Crippen molar-refractivity contribution in [2.75, 3.05) is 16.8 Å². The van der Waals surface area contributed by atoms with Crippen molar-refractivity contribution in [3.05, 3.63) is 75.0 Å². The SMILES string of the molecule is Cc1cc2c(cc1C)N(CC(=O)Nc1c(C)cccc1C)C(=O)CC(c1cccs1)=N2. The molecule has 3 aromatic rings. The first-order valence-electron chi connectivity index (χ1n) is 10.2. The molecule has 0 spiro atoms. The molecule has 2 heterocycles. The van der Waals surface area contributed by atoms with Gasteiger partial charge in [0.2, 0.25) is 11.8 Å². The lowest BCUT2D eigenvalue weighted by molar-refractivity contribution is -0.120. The molecular weight excluding hydrogens is 406 g/mol. The van der Waals surface area contributed by atoms with Crippen LogP contribution in [0.25, 0.3) is 0 Å². The van der Waals surface area contributed by atoms with Crippen LogP contribution in [0.5, 0.6) is 0 Å².